The molecule has 2 aromatic carbocycles. The summed E-state index contributed by atoms with van der Waals surface area (Å²) in [6, 6.07) is 8.84. The van der Waals surface area contributed by atoms with Crippen LogP contribution < -0.4 is 19.5 Å². The van der Waals surface area contributed by atoms with Crippen molar-refractivity contribution in [2.75, 3.05) is 19.1 Å². The molecule has 2 N–H and O–H groups in total. The second kappa shape index (κ2) is 9.67. The maximum Gasteiger partial charge on any atom is 0.257 e. The van der Waals surface area contributed by atoms with Gasteiger partial charge in [0, 0.05) is 11.6 Å². The minimum atomic E-state index is -3.92. The van der Waals surface area contributed by atoms with Crippen LogP contribution in [0.25, 0.3) is 0 Å². The van der Waals surface area contributed by atoms with Crippen LogP contribution in [0.4, 0.5) is 5.69 Å². The molecule has 1 aliphatic carbocycles. The number of rotatable bonds is 7. The van der Waals surface area contributed by atoms with Crippen LogP contribution in [0.15, 0.2) is 47.4 Å². The van der Waals surface area contributed by atoms with E-state index in [0.29, 0.717) is 17.1 Å². The van der Waals surface area contributed by atoms with E-state index in [1.54, 1.807) is 18.2 Å². The van der Waals surface area contributed by atoms with Crippen LogP contribution >= 0.6 is 0 Å². The Balaban J connectivity index is 1.67. The molecule has 0 bridgehead atoms. The summed E-state index contributed by atoms with van der Waals surface area (Å²) in [7, 11) is -0.950. The lowest BCUT2D eigenvalue weighted by atomic mass is 10.1. The third kappa shape index (κ3) is 4.73. The molecular formula is C24H27N3O7S. The monoisotopic (exact) mass is 501 g/mol. The van der Waals surface area contributed by atoms with Gasteiger partial charge in [-0.05, 0) is 55.3 Å². The van der Waals surface area contributed by atoms with E-state index in [2.05, 4.69) is 0 Å². The molecule has 1 aliphatic heterocycles. The molecule has 4 rings (SSSR count). The molecule has 0 spiro atoms. The van der Waals surface area contributed by atoms with Gasteiger partial charge in [0.25, 0.3) is 11.8 Å². The number of imide groups is 1. The Morgan fingerprint density at radius 3 is 2.20 bits per heavy atom. The molecule has 1 heterocycles. The van der Waals surface area contributed by atoms with E-state index in [0.717, 1.165) is 30.6 Å². The number of hydrogen-bond acceptors (Lipinski definition) is 7. The van der Waals surface area contributed by atoms with Crippen LogP contribution in [0, 0.1) is 0 Å². The Labute approximate surface area is 203 Å². The number of primary sulfonamides is 1. The molecule has 186 valence electrons. The largest absolute Gasteiger partial charge is 0.493 e. The minimum absolute atomic E-state index is 0.131. The second-order valence-electron chi connectivity index (χ2n) is 8.55. The topological polar surface area (TPSA) is 136 Å². The maximum absolute atomic E-state index is 13.7. The Morgan fingerprint density at radius 1 is 1.00 bits per heavy atom. The second-order valence-corrected chi connectivity index (χ2v) is 10.1. The lowest BCUT2D eigenvalue weighted by molar-refractivity contribution is -0.123. The molecule has 3 amide bonds. The lowest BCUT2D eigenvalue weighted by Gasteiger charge is -2.33. The molecule has 35 heavy (non-hydrogen) atoms. The predicted molar refractivity (Wildman–Crippen MR) is 127 cm³/mol. The molecule has 2 aromatic rings. The number of hydrogen-bond donors (Lipinski definition) is 1. The van der Waals surface area contributed by atoms with Gasteiger partial charge in [-0.2, -0.15) is 0 Å². The summed E-state index contributed by atoms with van der Waals surface area (Å²) in [4.78, 5) is 42.5. The van der Waals surface area contributed by atoms with Crippen LogP contribution in [0.3, 0.4) is 0 Å². The molecule has 1 unspecified atom stereocenters. The molecule has 0 aromatic heterocycles. The SMILES string of the molecule is COc1ccc(C(=O)N(C2CCCC2)C2CC(=O)N(c3ccc(S(N)(=O)=O)cc3)C2=O)cc1OC. The predicted octanol–water partition coefficient (Wildman–Crippen LogP) is 2.07. The number of nitrogens with two attached hydrogens (primary N) is 1. The summed E-state index contributed by atoms with van der Waals surface area (Å²) in [5.41, 5.74) is 0.547. The third-order valence-electron chi connectivity index (χ3n) is 6.47. The molecular weight excluding hydrogens is 474 g/mol. The quantitative estimate of drug-likeness (QED) is 0.574. The van der Waals surface area contributed by atoms with E-state index in [-0.39, 0.29) is 29.0 Å². The van der Waals surface area contributed by atoms with Crippen LogP contribution in [0.2, 0.25) is 0 Å². The van der Waals surface area contributed by atoms with Crippen LogP contribution in [0.5, 0.6) is 11.5 Å². The average molecular weight is 502 g/mol. The molecule has 10 nitrogen and oxygen atoms in total. The van der Waals surface area contributed by atoms with Gasteiger partial charge >= 0.3 is 0 Å². The number of methoxy groups -OCH3 is 2. The van der Waals surface area contributed by atoms with Gasteiger partial charge in [-0.3, -0.25) is 14.4 Å². The number of ether oxygens (including phenoxy) is 2. The maximum atomic E-state index is 13.7. The normalized spacial score (nSPS) is 18.7. The Morgan fingerprint density at radius 2 is 1.63 bits per heavy atom. The van der Waals surface area contributed by atoms with Crippen molar-refractivity contribution in [2.24, 2.45) is 5.14 Å². The van der Waals surface area contributed by atoms with Crippen molar-refractivity contribution in [1.82, 2.24) is 4.90 Å². The van der Waals surface area contributed by atoms with E-state index < -0.39 is 27.9 Å². The molecule has 11 heteroatoms. The van der Waals surface area contributed by atoms with Crippen LogP contribution in [-0.2, 0) is 19.6 Å². The average Bonchev–Trinajstić information content (AvgIpc) is 3.46. The summed E-state index contributed by atoms with van der Waals surface area (Å²) in [6.07, 6.45) is 3.16. The number of amides is 3. The van der Waals surface area contributed by atoms with Gasteiger partial charge in [0.1, 0.15) is 6.04 Å². The zero-order chi connectivity index (χ0) is 25.3. The van der Waals surface area contributed by atoms with E-state index in [9.17, 15) is 22.8 Å². The molecule has 0 radical (unpaired) electrons. The van der Waals surface area contributed by atoms with Crippen molar-refractivity contribution in [2.45, 2.75) is 49.1 Å². The van der Waals surface area contributed by atoms with Gasteiger partial charge in [-0.15, -0.1) is 0 Å². The van der Waals surface area contributed by atoms with Gasteiger partial charge in [0.15, 0.2) is 11.5 Å². The first kappa shape index (κ1) is 24.7. The third-order valence-corrected chi connectivity index (χ3v) is 7.39. The summed E-state index contributed by atoms with van der Waals surface area (Å²) in [5.74, 6) is -0.506. The molecule has 1 atom stereocenters. The fourth-order valence-electron chi connectivity index (χ4n) is 4.75. The number of benzene rings is 2. The summed E-state index contributed by atoms with van der Waals surface area (Å²) in [6.45, 7) is 0. The van der Waals surface area contributed by atoms with Gasteiger partial charge in [-0.25, -0.2) is 18.5 Å². The lowest BCUT2D eigenvalue weighted by Crippen LogP contribution is -2.50. The number of anilines is 1. The van der Waals surface area contributed by atoms with Crippen LogP contribution in [0.1, 0.15) is 42.5 Å². The minimum Gasteiger partial charge on any atom is -0.493 e. The Kier molecular flexibility index (Phi) is 6.82. The Bertz CT molecular complexity index is 1250. The molecule has 1 saturated heterocycles. The fraction of sp³-hybridized carbons (Fsp3) is 0.375. The number of carbonyl (C=O) groups excluding carboxylic acids is 3. The fourth-order valence-corrected chi connectivity index (χ4v) is 5.27. The smallest absolute Gasteiger partial charge is 0.257 e. The highest BCUT2D eigenvalue weighted by Crippen LogP contribution is 2.34. The number of carbonyl (C=O) groups is 3. The van der Waals surface area contributed by atoms with E-state index >= 15 is 0 Å². The van der Waals surface area contributed by atoms with E-state index in [4.69, 9.17) is 14.6 Å². The van der Waals surface area contributed by atoms with Crippen LogP contribution in [-0.4, -0.2) is 57.3 Å². The first-order valence-electron chi connectivity index (χ1n) is 11.2. The van der Waals surface area contributed by atoms with Crippen molar-refractivity contribution in [1.29, 1.82) is 0 Å². The highest BCUT2D eigenvalue weighted by atomic mass is 32.2. The molecule has 2 fully saturated rings. The van der Waals surface area contributed by atoms with Crippen molar-refractivity contribution in [3.63, 3.8) is 0 Å². The highest BCUT2D eigenvalue weighted by molar-refractivity contribution is 7.89. The van der Waals surface area contributed by atoms with Gasteiger partial charge in [0.2, 0.25) is 15.9 Å². The van der Waals surface area contributed by atoms with Crippen molar-refractivity contribution >= 4 is 33.4 Å². The molecule has 2 aliphatic rings. The number of sulfonamides is 1. The highest BCUT2D eigenvalue weighted by Gasteiger charge is 2.47. The molecule has 1 saturated carbocycles. The standard InChI is InChI=1S/C24H27N3O7S/c1-33-20-12-7-15(13-21(20)34-2)23(29)26(16-5-3-4-6-16)19-14-22(28)27(24(19)30)17-8-10-18(11-9-17)35(25,31)32/h7-13,16,19H,3-6,14H2,1-2H3,(H2,25,31,32). The van der Waals surface area contributed by atoms with Gasteiger partial charge in [-0.1, -0.05) is 12.8 Å². The van der Waals surface area contributed by atoms with Gasteiger partial charge < -0.3 is 14.4 Å². The van der Waals surface area contributed by atoms with Crippen molar-refractivity contribution < 1.29 is 32.3 Å². The van der Waals surface area contributed by atoms with E-state index in [1.807, 2.05) is 0 Å². The zero-order valence-electron chi connectivity index (χ0n) is 19.5. The summed E-state index contributed by atoms with van der Waals surface area (Å²) >= 11 is 0. The summed E-state index contributed by atoms with van der Waals surface area (Å²) < 4.78 is 33.7. The van der Waals surface area contributed by atoms with Gasteiger partial charge in [0.05, 0.1) is 31.2 Å². The zero-order valence-corrected chi connectivity index (χ0v) is 20.3. The first-order valence-corrected chi connectivity index (χ1v) is 12.7. The van der Waals surface area contributed by atoms with E-state index in [1.165, 1.54) is 43.4 Å². The number of nitrogens with zero attached hydrogens (tertiary/aromatic N) is 2. The Hall–Kier alpha value is -3.44. The van der Waals surface area contributed by atoms with Crippen molar-refractivity contribution in [3.8, 4) is 11.5 Å². The summed E-state index contributed by atoms with van der Waals surface area (Å²) in [5, 5.41) is 5.14. The van der Waals surface area contributed by atoms with Crippen molar-refractivity contribution in [3.05, 3.63) is 48.0 Å². The first-order chi connectivity index (χ1) is 16.7.